The molecule has 0 spiro atoms. The fraction of sp³-hybridized carbons (Fsp3) is 0.571. The number of benzene rings is 1. The minimum Gasteiger partial charge on any atom is -0.396 e. The molecule has 112 valence electrons. The molecule has 0 unspecified atom stereocenters. The van der Waals surface area contributed by atoms with E-state index in [4.69, 9.17) is 5.11 Å². The highest BCUT2D eigenvalue weighted by atomic mass is 32.2. The van der Waals surface area contributed by atoms with Crippen LogP contribution in [0, 0.1) is 12.8 Å². The number of rotatable bonds is 4. The van der Waals surface area contributed by atoms with Crippen molar-refractivity contribution in [2.45, 2.75) is 19.8 Å². The van der Waals surface area contributed by atoms with Crippen LogP contribution >= 0.6 is 0 Å². The Hall–Kier alpha value is -1.11. The number of aliphatic hydroxyl groups is 1. The average Bonchev–Trinajstić information content (AvgIpc) is 2.47. The fourth-order valence-corrected chi connectivity index (χ4v) is 3.79. The third kappa shape index (κ3) is 3.13. The van der Waals surface area contributed by atoms with E-state index in [1.807, 2.05) is 31.2 Å². The molecule has 1 aromatic carbocycles. The third-order valence-electron chi connectivity index (χ3n) is 3.90. The number of nitrogens with zero attached hydrogens (tertiary/aromatic N) is 2. The van der Waals surface area contributed by atoms with Gasteiger partial charge in [0.2, 0.25) is 0 Å². The Morgan fingerprint density at radius 3 is 2.30 bits per heavy atom. The first-order chi connectivity index (χ1) is 9.45. The van der Waals surface area contributed by atoms with Gasteiger partial charge in [-0.3, -0.25) is 4.31 Å². The van der Waals surface area contributed by atoms with Crippen LogP contribution in [0.5, 0.6) is 0 Å². The molecule has 1 aliphatic rings. The molecule has 0 bridgehead atoms. The topological polar surface area (TPSA) is 60.9 Å². The van der Waals surface area contributed by atoms with Crippen LogP contribution < -0.4 is 4.31 Å². The molecule has 6 heteroatoms. The normalized spacial score (nSPS) is 18.1. The first-order valence-corrected chi connectivity index (χ1v) is 8.26. The van der Waals surface area contributed by atoms with E-state index in [1.54, 1.807) is 7.05 Å². The predicted molar refractivity (Wildman–Crippen MR) is 79.9 cm³/mol. The highest BCUT2D eigenvalue weighted by molar-refractivity contribution is 7.90. The highest BCUT2D eigenvalue weighted by Gasteiger charge is 2.31. The Bertz CT molecular complexity index is 534. The van der Waals surface area contributed by atoms with E-state index in [0.717, 1.165) is 18.4 Å². The maximum Gasteiger partial charge on any atom is 0.303 e. The van der Waals surface area contributed by atoms with E-state index in [-0.39, 0.29) is 12.5 Å². The predicted octanol–water partition coefficient (Wildman–Crippen LogP) is 1.38. The number of hydrogen-bond acceptors (Lipinski definition) is 3. The van der Waals surface area contributed by atoms with Crippen LogP contribution in [-0.2, 0) is 10.2 Å². The molecule has 0 saturated carbocycles. The van der Waals surface area contributed by atoms with Crippen LogP contribution in [0.1, 0.15) is 18.4 Å². The first kappa shape index (κ1) is 15.3. The van der Waals surface area contributed by atoms with Crippen molar-refractivity contribution in [2.24, 2.45) is 5.92 Å². The van der Waals surface area contributed by atoms with Crippen molar-refractivity contribution in [1.82, 2.24) is 4.31 Å². The zero-order valence-electron chi connectivity index (χ0n) is 12.0. The van der Waals surface area contributed by atoms with Crippen molar-refractivity contribution in [3.05, 3.63) is 29.8 Å². The van der Waals surface area contributed by atoms with E-state index in [0.29, 0.717) is 18.8 Å². The number of anilines is 1. The Labute approximate surface area is 121 Å². The van der Waals surface area contributed by atoms with E-state index < -0.39 is 10.2 Å². The molecule has 1 aliphatic heterocycles. The lowest BCUT2D eigenvalue weighted by molar-refractivity contribution is 0.170. The zero-order valence-corrected chi connectivity index (χ0v) is 12.8. The Balaban J connectivity index is 2.12. The summed E-state index contributed by atoms with van der Waals surface area (Å²) in [5.74, 6) is 0.228. The minimum absolute atomic E-state index is 0.141. The number of aryl methyl sites for hydroxylation is 1. The summed E-state index contributed by atoms with van der Waals surface area (Å²) in [6.45, 7) is 3.06. The first-order valence-electron chi connectivity index (χ1n) is 6.86. The Morgan fingerprint density at radius 2 is 1.80 bits per heavy atom. The van der Waals surface area contributed by atoms with Gasteiger partial charge < -0.3 is 5.11 Å². The summed E-state index contributed by atoms with van der Waals surface area (Å²) in [7, 11) is -1.89. The fourth-order valence-electron chi connectivity index (χ4n) is 2.38. The molecule has 5 nitrogen and oxygen atoms in total. The average molecular weight is 298 g/mol. The molecule has 1 fully saturated rings. The summed E-state index contributed by atoms with van der Waals surface area (Å²) in [5.41, 5.74) is 1.77. The smallest absolute Gasteiger partial charge is 0.303 e. The van der Waals surface area contributed by atoms with E-state index >= 15 is 0 Å². The molecule has 0 amide bonds. The van der Waals surface area contributed by atoms with Gasteiger partial charge in [-0.05, 0) is 37.8 Å². The van der Waals surface area contributed by atoms with Crippen LogP contribution in [-0.4, -0.2) is 44.6 Å². The van der Waals surface area contributed by atoms with Crippen LogP contribution in [0.2, 0.25) is 0 Å². The number of hydrogen-bond donors (Lipinski definition) is 1. The molecule has 1 N–H and O–H groups in total. The molecular weight excluding hydrogens is 276 g/mol. The highest BCUT2D eigenvalue weighted by Crippen LogP contribution is 2.24. The summed E-state index contributed by atoms with van der Waals surface area (Å²) in [4.78, 5) is 0. The van der Waals surface area contributed by atoms with Crippen molar-refractivity contribution in [3.8, 4) is 0 Å². The summed E-state index contributed by atoms with van der Waals surface area (Å²) in [6.07, 6.45) is 1.44. The number of aliphatic hydroxyl groups excluding tert-OH is 1. The van der Waals surface area contributed by atoms with Crippen LogP contribution in [0.15, 0.2) is 24.3 Å². The molecular formula is C14H22N2O3S. The lowest BCUT2D eigenvalue weighted by Crippen LogP contribution is -2.46. The van der Waals surface area contributed by atoms with E-state index in [1.165, 1.54) is 8.61 Å². The second-order valence-corrected chi connectivity index (χ2v) is 7.30. The van der Waals surface area contributed by atoms with Gasteiger partial charge in [-0.25, -0.2) is 0 Å². The van der Waals surface area contributed by atoms with E-state index in [2.05, 4.69) is 0 Å². The zero-order chi connectivity index (χ0) is 14.8. The molecule has 1 saturated heterocycles. The molecule has 0 aliphatic carbocycles. The van der Waals surface area contributed by atoms with Crippen molar-refractivity contribution in [3.63, 3.8) is 0 Å². The quantitative estimate of drug-likeness (QED) is 0.913. The largest absolute Gasteiger partial charge is 0.396 e. The van der Waals surface area contributed by atoms with Gasteiger partial charge in [-0.15, -0.1) is 0 Å². The molecule has 20 heavy (non-hydrogen) atoms. The van der Waals surface area contributed by atoms with Crippen molar-refractivity contribution >= 4 is 15.9 Å². The maximum atomic E-state index is 12.6. The molecule has 1 heterocycles. The van der Waals surface area contributed by atoms with Crippen molar-refractivity contribution in [1.29, 1.82) is 0 Å². The van der Waals surface area contributed by atoms with Gasteiger partial charge in [0.15, 0.2) is 0 Å². The molecule has 0 radical (unpaired) electrons. The maximum absolute atomic E-state index is 12.6. The van der Waals surface area contributed by atoms with Crippen LogP contribution in [0.25, 0.3) is 0 Å². The van der Waals surface area contributed by atoms with Gasteiger partial charge in [0.05, 0.1) is 5.69 Å². The molecule has 2 rings (SSSR count). The third-order valence-corrected chi connectivity index (χ3v) is 5.82. The lowest BCUT2D eigenvalue weighted by Gasteiger charge is -2.33. The summed E-state index contributed by atoms with van der Waals surface area (Å²) >= 11 is 0. The van der Waals surface area contributed by atoms with Gasteiger partial charge in [0.1, 0.15) is 0 Å². The summed E-state index contributed by atoms with van der Waals surface area (Å²) in [5, 5.41) is 9.11. The second-order valence-electron chi connectivity index (χ2n) is 5.34. The van der Waals surface area contributed by atoms with E-state index in [9.17, 15) is 8.42 Å². The SMILES string of the molecule is Cc1ccc(N(C)S(=O)(=O)N2CCC(CO)CC2)cc1. The van der Waals surface area contributed by atoms with Crippen molar-refractivity contribution < 1.29 is 13.5 Å². The molecule has 1 aromatic rings. The molecule has 0 atom stereocenters. The van der Waals surface area contributed by atoms with Crippen LogP contribution in [0.4, 0.5) is 5.69 Å². The monoisotopic (exact) mass is 298 g/mol. The molecule has 0 aromatic heterocycles. The van der Waals surface area contributed by atoms with Gasteiger partial charge >= 0.3 is 10.2 Å². The number of piperidine rings is 1. The summed E-state index contributed by atoms with van der Waals surface area (Å²) in [6, 6.07) is 7.43. The second kappa shape index (κ2) is 6.11. The summed E-state index contributed by atoms with van der Waals surface area (Å²) < 4.78 is 27.9. The van der Waals surface area contributed by atoms with Gasteiger partial charge in [0, 0.05) is 26.7 Å². The van der Waals surface area contributed by atoms with Crippen molar-refractivity contribution in [2.75, 3.05) is 31.0 Å². The van der Waals surface area contributed by atoms with Gasteiger partial charge in [-0.1, -0.05) is 17.7 Å². The minimum atomic E-state index is -3.47. The lowest BCUT2D eigenvalue weighted by atomic mass is 10.00. The standard InChI is InChI=1S/C14H22N2O3S/c1-12-3-5-14(6-4-12)15(2)20(18,19)16-9-7-13(11-17)8-10-16/h3-6,13,17H,7-11H2,1-2H3. The van der Waals surface area contributed by atoms with Gasteiger partial charge in [-0.2, -0.15) is 12.7 Å². The Kier molecular flexibility index (Phi) is 4.67. The van der Waals surface area contributed by atoms with Crippen LogP contribution in [0.3, 0.4) is 0 Å². The Morgan fingerprint density at radius 1 is 1.25 bits per heavy atom. The van der Waals surface area contributed by atoms with Gasteiger partial charge in [0.25, 0.3) is 0 Å².